The van der Waals surface area contributed by atoms with E-state index in [0.29, 0.717) is 21.5 Å². The van der Waals surface area contributed by atoms with Crippen LogP contribution in [0.5, 0.6) is 5.75 Å². The van der Waals surface area contributed by atoms with E-state index in [2.05, 4.69) is 5.32 Å². The SMILES string of the molecule is COc1ccccc1Cn1c(=O)c2sccc2n(CC(=O)Nc2cc(F)ccc2Cl)c1=O. The van der Waals surface area contributed by atoms with E-state index in [1.807, 2.05) is 0 Å². The highest BCUT2D eigenvalue weighted by Crippen LogP contribution is 2.23. The molecule has 7 nitrogen and oxygen atoms in total. The van der Waals surface area contributed by atoms with Crippen molar-refractivity contribution < 1.29 is 13.9 Å². The summed E-state index contributed by atoms with van der Waals surface area (Å²) in [6, 6.07) is 12.2. The molecular formula is C22H17ClFN3O4S. The number of carbonyl (C=O) groups is 1. The van der Waals surface area contributed by atoms with E-state index in [-0.39, 0.29) is 23.8 Å². The average molecular weight is 474 g/mol. The van der Waals surface area contributed by atoms with E-state index < -0.39 is 23.0 Å². The number of nitrogens with one attached hydrogen (secondary N) is 1. The first-order valence-corrected chi connectivity index (χ1v) is 10.7. The molecule has 0 radical (unpaired) electrons. The molecule has 0 saturated carbocycles. The van der Waals surface area contributed by atoms with Crippen molar-refractivity contribution in [3.63, 3.8) is 0 Å². The predicted molar refractivity (Wildman–Crippen MR) is 122 cm³/mol. The molecule has 0 aliphatic carbocycles. The number of anilines is 1. The summed E-state index contributed by atoms with van der Waals surface area (Å²) in [6.45, 7) is -0.405. The quantitative estimate of drug-likeness (QED) is 0.463. The number of thiophene rings is 1. The second kappa shape index (κ2) is 8.97. The van der Waals surface area contributed by atoms with Gasteiger partial charge in [0.05, 0.1) is 29.9 Å². The molecule has 0 aliphatic rings. The average Bonchev–Trinajstić information content (AvgIpc) is 3.27. The van der Waals surface area contributed by atoms with Crippen LogP contribution in [0, 0.1) is 5.82 Å². The number of rotatable bonds is 6. The van der Waals surface area contributed by atoms with Crippen molar-refractivity contribution in [1.82, 2.24) is 9.13 Å². The molecule has 1 amide bonds. The summed E-state index contributed by atoms with van der Waals surface area (Å²) in [6.07, 6.45) is 0. The van der Waals surface area contributed by atoms with Gasteiger partial charge >= 0.3 is 5.69 Å². The molecule has 2 heterocycles. The second-order valence-electron chi connectivity index (χ2n) is 6.88. The van der Waals surface area contributed by atoms with E-state index >= 15 is 0 Å². The summed E-state index contributed by atoms with van der Waals surface area (Å²) >= 11 is 7.19. The van der Waals surface area contributed by atoms with Crippen LogP contribution in [0.2, 0.25) is 5.02 Å². The summed E-state index contributed by atoms with van der Waals surface area (Å²) in [7, 11) is 1.50. The Labute approximate surface area is 190 Å². The zero-order valence-electron chi connectivity index (χ0n) is 16.8. The van der Waals surface area contributed by atoms with Crippen molar-refractivity contribution in [3.8, 4) is 5.75 Å². The molecule has 1 N–H and O–H groups in total. The number of ether oxygens (including phenoxy) is 1. The number of benzene rings is 2. The van der Waals surface area contributed by atoms with Crippen LogP contribution in [-0.4, -0.2) is 22.2 Å². The number of aromatic nitrogens is 2. The molecule has 0 saturated heterocycles. The third kappa shape index (κ3) is 4.17. The van der Waals surface area contributed by atoms with Gasteiger partial charge in [-0.05, 0) is 35.7 Å². The number of fused-ring (bicyclic) bond motifs is 1. The first-order chi connectivity index (χ1) is 15.4. The maximum absolute atomic E-state index is 13.5. The molecule has 4 rings (SSSR count). The first-order valence-electron chi connectivity index (χ1n) is 9.46. The Morgan fingerprint density at radius 3 is 2.72 bits per heavy atom. The fraction of sp³-hybridized carbons (Fsp3) is 0.136. The molecule has 0 spiro atoms. The topological polar surface area (TPSA) is 82.3 Å². The number of para-hydroxylation sites is 1. The van der Waals surface area contributed by atoms with E-state index in [9.17, 15) is 18.8 Å². The Morgan fingerprint density at radius 1 is 1.16 bits per heavy atom. The highest BCUT2D eigenvalue weighted by molar-refractivity contribution is 7.17. The number of halogens is 2. The van der Waals surface area contributed by atoms with Crippen molar-refractivity contribution in [3.05, 3.63) is 91.2 Å². The van der Waals surface area contributed by atoms with Gasteiger partial charge in [0.25, 0.3) is 5.56 Å². The lowest BCUT2D eigenvalue weighted by Crippen LogP contribution is -2.41. The van der Waals surface area contributed by atoms with Gasteiger partial charge in [0, 0.05) is 5.56 Å². The van der Waals surface area contributed by atoms with Crippen LogP contribution in [-0.2, 0) is 17.9 Å². The summed E-state index contributed by atoms with van der Waals surface area (Å²) < 4.78 is 21.5. The van der Waals surface area contributed by atoms with Gasteiger partial charge in [0.2, 0.25) is 5.91 Å². The van der Waals surface area contributed by atoms with Crippen molar-refractivity contribution >= 4 is 44.7 Å². The third-order valence-corrected chi connectivity index (χ3v) is 6.08. The molecule has 0 aliphatic heterocycles. The first kappa shape index (κ1) is 21.8. The largest absolute Gasteiger partial charge is 0.496 e. The van der Waals surface area contributed by atoms with Crippen LogP contribution < -0.4 is 21.3 Å². The summed E-state index contributed by atoms with van der Waals surface area (Å²) in [5.41, 5.74) is -0.00827. The Hall–Kier alpha value is -3.43. The second-order valence-corrected chi connectivity index (χ2v) is 8.20. The van der Waals surface area contributed by atoms with Gasteiger partial charge in [0.1, 0.15) is 22.8 Å². The maximum Gasteiger partial charge on any atom is 0.332 e. The lowest BCUT2D eigenvalue weighted by atomic mass is 10.2. The Balaban J connectivity index is 1.74. The van der Waals surface area contributed by atoms with Gasteiger partial charge in [-0.25, -0.2) is 9.18 Å². The number of amides is 1. The molecule has 2 aromatic heterocycles. The Kier molecular flexibility index (Phi) is 6.11. The summed E-state index contributed by atoms with van der Waals surface area (Å²) in [4.78, 5) is 38.9. The van der Waals surface area contributed by atoms with Crippen LogP contribution in [0.3, 0.4) is 0 Å². The highest BCUT2D eigenvalue weighted by atomic mass is 35.5. The number of carbonyl (C=O) groups excluding carboxylic acids is 1. The van der Waals surface area contributed by atoms with Crippen molar-refractivity contribution in [1.29, 1.82) is 0 Å². The number of nitrogens with zero attached hydrogens (tertiary/aromatic N) is 2. The van der Waals surface area contributed by atoms with Gasteiger partial charge in [-0.1, -0.05) is 29.8 Å². The van der Waals surface area contributed by atoms with Crippen molar-refractivity contribution in [2.45, 2.75) is 13.1 Å². The lowest BCUT2D eigenvalue weighted by molar-refractivity contribution is -0.116. The molecule has 0 fully saturated rings. The van der Waals surface area contributed by atoms with Crippen LogP contribution in [0.4, 0.5) is 10.1 Å². The van der Waals surface area contributed by atoms with Crippen molar-refractivity contribution in [2.75, 3.05) is 12.4 Å². The highest BCUT2D eigenvalue weighted by Gasteiger charge is 2.18. The van der Waals surface area contributed by atoms with Gasteiger partial charge in [-0.15, -0.1) is 11.3 Å². The minimum absolute atomic E-state index is 0.0210. The van der Waals surface area contributed by atoms with Crippen LogP contribution in [0.1, 0.15) is 5.56 Å². The van der Waals surface area contributed by atoms with Crippen LogP contribution in [0.15, 0.2) is 63.5 Å². The fourth-order valence-corrected chi connectivity index (χ4v) is 4.36. The van der Waals surface area contributed by atoms with Gasteiger partial charge < -0.3 is 10.1 Å². The fourth-order valence-electron chi connectivity index (χ4n) is 3.36. The minimum atomic E-state index is -0.646. The van der Waals surface area contributed by atoms with Crippen molar-refractivity contribution in [2.24, 2.45) is 0 Å². The maximum atomic E-state index is 13.5. The molecule has 2 aromatic carbocycles. The molecule has 10 heteroatoms. The molecule has 164 valence electrons. The Bertz CT molecular complexity index is 1440. The number of methoxy groups -OCH3 is 1. The number of hydrogen-bond acceptors (Lipinski definition) is 5. The molecule has 0 atom stereocenters. The standard InChI is InChI=1S/C22H17ClFN3O4S/c1-31-18-5-3-2-4-13(18)11-27-21(29)20-17(8-9-32-20)26(22(27)30)12-19(28)25-16-10-14(24)6-7-15(16)23/h2-10H,11-12H2,1H3,(H,25,28). The van der Waals surface area contributed by atoms with Gasteiger partial charge in [-0.3, -0.25) is 18.7 Å². The molecule has 32 heavy (non-hydrogen) atoms. The number of hydrogen-bond donors (Lipinski definition) is 1. The normalized spacial score (nSPS) is 11.0. The predicted octanol–water partition coefficient (Wildman–Crippen LogP) is 3.71. The molecule has 4 aromatic rings. The Morgan fingerprint density at radius 2 is 1.94 bits per heavy atom. The third-order valence-electron chi connectivity index (χ3n) is 4.86. The van der Waals surface area contributed by atoms with E-state index in [4.69, 9.17) is 16.3 Å². The minimum Gasteiger partial charge on any atom is -0.496 e. The summed E-state index contributed by atoms with van der Waals surface area (Å²) in [5, 5.41) is 4.35. The van der Waals surface area contributed by atoms with E-state index in [0.717, 1.165) is 10.6 Å². The van der Waals surface area contributed by atoms with Crippen LogP contribution >= 0.6 is 22.9 Å². The monoisotopic (exact) mass is 473 g/mol. The molecule has 0 bridgehead atoms. The zero-order chi connectivity index (χ0) is 22.8. The smallest absolute Gasteiger partial charge is 0.332 e. The van der Waals surface area contributed by atoms with E-state index in [1.54, 1.807) is 35.7 Å². The van der Waals surface area contributed by atoms with Gasteiger partial charge in [-0.2, -0.15) is 0 Å². The molecular weight excluding hydrogens is 457 g/mol. The summed E-state index contributed by atoms with van der Waals surface area (Å²) in [5.74, 6) is -0.614. The van der Waals surface area contributed by atoms with Gasteiger partial charge in [0.15, 0.2) is 0 Å². The van der Waals surface area contributed by atoms with Crippen LogP contribution in [0.25, 0.3) is 10.2 Å². The molecule has 0 unspecified atom stereocenters. The lowest BCUT2D eigenvalue weighted by Gasteiger charge is -2.14. The zero-order valence-corrected chi connectivity index (χ0v) is 18.4. The van der Waals surface area contributed by atoms with E-state index in [1.165, 1.54) is 35.1 Å².